The minimum atomic E-state index is -0.212. The van der Waals surface area contributed by atoms with E-state index >= 15 is 0 Å². The van der Waals surface area contributed by atoms with Crippen LogP contribution in [0.25, 0.3) is 32.6 Å². The Kier molecular flexibility index (Phi) is 7.05. The third kappa shape index (κ3) is 5.06. The summed E-state index contributed by atoms with van der Waals surface area (Å²) in [7, 11) is 0. The predicted octanol–water partition coefficient (Wildman–Crippen LogP) is 7.74. The number of hydrogen-bond acceptors (Lipinski definition) is 4. The van der Waals surface area contributed by atoms with Crippen LogP contribution >= 0.6 is 43.2 Å². The van der Waals surface area contributed by atoms with Crippen LogP contribution in [0.5, 0.6) is 0 Å². The third-order valence-electron chi connectivity index (χ3n) is 6.10. The molecule has 1 aliphatic rings. The molecule has 2 aromatic carbocycles. The van der Waals surface area contributed by atoms with Crippen molar-refractivity contribution in [1.29, 1.82) is 0 Å². The standard InChI is InChI=1S/C27H23Br2N3O2S/c1-16(33)30-24-23-21(17-5-9-19(28)10-6-17)15-22(18-7-11-20(29)12-8-18)31-26(23)35-25(24)27(34)32-13-3-2-4-14-32/h5-12,15H,2-4,13-14H2,1H3,(H,30,33). The lowest BCUT2D eigenvalue weighted by molar-refractivity contribution is -0.114. The fourth-order valence-electron chi connectivity index (χ4n) is 4.41. The number of piperidine rings is 1. The highest BCUT2D eigenvalue weighted by Crippen LogP contribution is 2.43. The second-order valence-electron chi connectivity index (χ2n) is 8.59. The van der Waals surface area contributed by atoms with Crippen LogP contribution in [0.1, 0.15) is 35.9 Å². The number of anilines is 1. The second-order valence-corrected chi connectivity index (χ2v) is 11.4. The molecule has 0 bridgehead atoms. The van der Waals surface area contributed by atoms with E-state index in [2.05, 4.69) is 37.2 Å². The SMILES string of the molecule is CC(=O)Nc1c(C(=O)N2CCCCC2)sc2nc(-c3ccc(Br)cc3)cc(-c3ccc(Br)cc3)c12. The number of pyridine rings is 1. The van der Waals surface area contributed by atoms with E-state index in [1.807, 2.05) is 59.5 Å². The molecule has 0 unspecified atom stereocenters. The van der Waals surface area contributed by atoms with Gasteiger partial charge in [0.2, 0.25) is 5.91 Å². The highest BCUT2D eigenvalue weighted by atomic mass is 79.9. The Morgan fingerprint density at radius 1 is 0.914 bits per heavy atom. The van der Waals surface area contributed by atoms with Crippen LogP contribution < -0.4 is 5.32 Å². The number of halogens is 2. The van der Waals surface area contributed by atoms with Crippen LogP contribution in [0.4, 0.5) is 5.69 Å². The van der Waals surface area contributed by atoms with Crippen LogP contribution in [-0.4, -0.2) is 34.8 Å². The summed E-state index contributed by atoms with van der Waals surface area (Å²) < 4.78 is 1.97. The molecule has 1 aliphatic heterocycles. The number of hydrogen-bond donors (Lipinski definition) is 1. The van der Waals surface area contributed by atoms with Crippen LogP contribution in [0.3, 0.4) is 0 Å². The van der Waals surface area contributed by atoms with Crippen molar-refractivity contribution >= 4 is 70.9 Å². The molecule has 0 atom stereocenters. The van der Waals surface area contributed by atoms with Gasteiger partial charge >= 0.3 is 0 Å². The first-order chi connectivity index (χ1) is 16.9. The molecule has 5 rings (SSSR count). The molecule has 1 fully saturated rings. The van der Waals surface area contributed by atoms with E-state index in [9.17, 15) is 9.59 Å². The van der Waals surface area contributed by atoms with Gasteiger partial charge < -0.3 is 10.2 Å². The lowest BCUT2D eigenvalue weighted by Gasteiger charge is -2.26. The molecule has 35 heavy (non-hydrogen) atoms. The molecular formula is C27H23Br2N3O2S. The summed E-state index contributed by atoms with van der Waals surface area (Å²) in [5.74, 6) is -0.250. The molecule has 4 aromatic rings. The van der Waals surface area contributed by atoms with Gasteiger partial charge in [-0.2, -0.15) is 0 Å². The number of carbonyl (C=O) groups is 2. The van der Waals surface area contributed by atoms with Gasteiger partial charge in [-0.05, 0) is 60.7 Å². The topological polar surface area (TPSA) is 62.3 Å². The number of fused-ring (bicyclic) bond motifs is 1. The average Bonchev–Trinajstić information content (AvgIpc) is 3.22. The molecule has 5 nitrogen and oxygen atoms in total. The maximum absolute atomic E-state index is 13.6. The molecule has 8 heteroatoms. The summed E-state index contributed by atoms with van der Waals surface area (Å²) in [5, 5.41) is 3.77. The van der Waals surface area contributed by atoms with E-state index in [-0.39, 0.29) is 11.8 Å². The van der Waals surface area contributed by atoms with Gasteiger partial charge in [0.05, 0.1) is 11.4 Å². The molecule has 3 heterocycles. The van der Waals surface area contributed by atoms with E-state index in [0.717, 1.165) is 73.9 Å². The zero-order valence-corrected chi connectivity index (χ0v) is 23.1. The number of thiophene rings is 1. The van der Waals surface area contributed by atoms with Crippen molar-refractivity contribution in [3.63, 3.8) is 0 Å². The van der Waals surface area contributed by atoms with E-state index < -0.39 is 0 Å². The number of amides is 2. The van der Waals surface area contributed by atoms with Gasteiger partial charge in [0.1, 0.15) is 9.71 Å². The van der Waals surface area contributed by atoms with Crippen molar-refractivity contribution in [3.05, 3.63) is 68.4 Å². The van der Waals surface area contributed by atoms with Crippen LogP contribution in [0.15, 0.2) is 63.5 Å². The van der Waals surface area contributed by atoms with Crippen molar-refractivity contribution in [1.82, 2.24) is 9.88 Å². The number of aromatic nitrogens is 1. The largest absolute Gasteiger partial charge is 0.338 e. The first-order valence-electron chi connectivity index (χ1n) is 11.5. The van der Waals surface area contributed by atoms with Gasteiger partial charge in [0.15, 0.2) is 0 Å². The van der Waals surface area contributed by atoms with Gasteiger partial charge in [-0.3, -0.25) is 9.59 Å². The minimum absolute atomic E-state index is 0.0385. The number of likely N-dealkylation sites (tertiary alicyclic amines) is 1. The van der Waals surface area contributed by atoms with Gasteiger partial charge in [-0.1, -0.05) is 56.1 Å². The lowest BCUT2D eigenvalue weighted by atomic mass is 9.99. The maximum atomic E-state index is 13.6. The minimum Gasteiger partial charge on any atom is -0.338 e. The number of nitrogens with zero attached hydrogens (tertiary/aromatic N) is 2. The van der Waals surface area contributed by atoms with Gasteiger partial charge in [0, 0.05) is 39.9 Å². The number of carbonyl (C=O) groups excluding carboxylic acids is 2. The molecule has 1 N–H and O–H groups in total. The van der Waals surface area contributed by atoms with E-state index in [1.54, 1.807) is 0 Å². The molecule has 0 radical (unpaired) electrons. The lowest BCUT2D eigenvalue weighted by Crippen LogP contribution is -2.35. The predicted molar refractivity (Wildman–Crippen MR) is 150 cm³/mol. The fraction of sp³-hybridized carbons (Fsp3) is 0.222. The summed E-state index contributed by atoms with van der Waals surface area (Å²) >= 11 is 8.37. The third-order valence-corrected chi connectivity index (χ3v) is 8.22. The molecule has 0 spiro atoms. The molecule has 1 saturated heterocycles. The summed E-state index contributed by atoms with van der Waals surface area (Å²) in [6.45, 7) is 2.95. The van der Waals surface area contributed by atoms with Crippen LogP contribution in [-0.2, 0) is 4.79 Å². The highest BCUT2D eigenvalue weighted by Gasteiger charge is 2.28. The average molecular weight is 613 g/mol. The van der Waals surface area contributed by atoms with E-state index in [4.69, 9.17) is 4.98 Å². The van der Waals surface area contributed by atoms with Gasteiger partial charge in [0.25, 0.3) is 5.91 Å². The molecule has 0 saturated carbocycles. The van der Waals surface area contributed by atoms with Gasteiger partial charge in [-0.25, -0.2) is 4.98 Å². The molecule has 178 valence electrons. The number of benzene rings is 2. The summed E-state index contributed by atoms with van der Waals surface area (Å²) in [6.07, 6.45) is 3.14. The first-order valence-corrected chi connectivity index (χ1v) is 13.9. The Morgan fingerprint density at radius 3 is 2.11 bits per heavy atom. The van der Waals surface area contributed by atoms with E-state index in [0.29, 0.717) is 10.6 Å². The Labute approximate surface area is 224 Å². The monoisotopic (exact) mass is 611 g/mol. The molecular weight excluding hydrogens is 590 g/mol. The summed E-state index contributed by atoms with van der Waals surface area (Å²) in [6, 6.07) is 18.1. The van der Waals surface area contributed by atoms with E-state index in [1.165, 1.54) is 18.3 Å². The Morgan fingerprint density at radius 2 is 1.51 bits per heavy atom. The van der Waals surface area contributed by atoms with Crippen molar-refractivity contribution in [2.24, 2.45) is 0 Å². The fourth-order valence-corrected chi connectivity index (χ4v) is 6.06. The zero-order valence-electron chi connectivity index (χ0n) is 19.1. The summed E-state index contributed by atoms with van der Waals surface area (Å²) in [4.78, 5) is 34.0. The summed E-state index contributed by atoms with van der Waals surface area (Å²) in [5.41, 5.74) is 4.27. The second kappa shape index (κ2) is 10.2. The van der Waals surface area contributed by atoms with Crippen molar-refractivity contribution in [2.45, 2.75) is 26.2 Å². The first kappa shape index (κ1) is 24.2. The number of nitrogens with one attached hydrogen (secondary N) is 1. The van der Waals surface area contributed by atoms with Crippen molar-refractivity contribution in [3.8, 4) is 22.4 Å². The maximum Gasteiger partial charge on any atom is 0.266 e. The van der Waals surface area contributed by atoms with Crippen molar-refractivity contribution in [2.75, 3.05) is 18.4 Å². The smallest absolute Gasteiger partial charge is 0.266 e. The molecule has 2 amide bonds. The molecule has 2 aromatic heterocycles. The van der Waals surface area contributed by atoms with Crippen LogP contribution in [0, 0.1) is 0 Å². The molecule has 0 aliphatic carbocycles. The van der Waals surface area contributed by atoms with Crippen molar-refractivity contribution < 1.29 is 9.59 Å². The Balaban J connectivity index is 1.76. The highest BCUT2D eigenvalue weighted by molar-refractivity contribution is 9.10. The normalized spacial score (nSPS) is 13.7. The Hall–Kier alpha value is -2.55. The Bertz CT molecular complexity index is 1410. The van der Waals surface area contributed by atoms with Crippen LogP contribution in [0.2, 0.25) is 0 Å². The quantitative estimate of drug-likeness (QED) is 0.256. The zero-order chi connectivity index (χ0) is 24.5. The number of rotatable bonds is 4. The van der Waals surface area contributed by atoms with Gasteiger partial charge in [-0.15, -0.1) is 11.3 Å².